The third-order valence-electron chi connectivity index (χ3n) is 3.82. The molecular weight excluding hydrogens is 333 g/mol. The third kappa shape index (κ3) is 3.78. The van der Waals surface area contributed by atoms with E-state index in [1.165, 1.54) is 14.0 Å². The molecule has 2 heterocycles. The van der Waals surface area contributed by atoms with Gasteiger partial charge in [0.1, 0.15) is 0 Å². The number of piperidine rings is 1. The minimum Gasteiger partial charge on any atom is -0.465 e. The van der Waals surface area contributed by atoms with Gasteiger partial charge in [-0.05, 0) is 13.3 Å². The van der Waals surface area contributed by atoms with Crippen molar-refractivity contribution in [1.82, 2.24) is 20.2 Å². The van der Waals surface area contributed by atoms with Crippen molar-refractivity contribution in [3.05, 3.63) is 17.2 Å². The average Bonchev–Trinajstić information content (AvgIpc) is 2.89. The Hall–Kier alpha value is -2.30. The number of hydrogen-bond acceptors (Lipinski definition) is 4. The molecule has 1 aromatic heterocycles. The Morgan fingerprint density at radius 3 is 2.62 bits per heavy atom. The minimum absolute atomic E-state index is 0.0573. The van der Waals surface area contributed by atoms with E-state index in [2.05, 4.69) is 15.3 Å². The number of aryl methyl sites for hydroxylation is 1. The van der Waals surface area contributed by atoms with Crippen LogP contribution in [0.3, 0.4) is 0 Å². The normalized spacial score (nSPS) is 21.6. The summed E-state index contributed by atoms with van der Waals surface area (Å²) in [4.78, 5) is 29.8. The van der Waals surface area contributed by atoms with Crippen molar-refractivity contribution in [2.75, 3.05) is 20.2 Å². The summed E-state index contributed by atoms with van der Waals surface area (Å²) in [6.45, 7) is 1.42. The Morgan fingerprint density at radius 1 is 1.46 bits per heavy atom. The largest absolute Gasteiger partial charge is 0.465 e. The lowest BCUT2D eigenvalue weighted by Crippen LogP contribution is -2.55. The molecule has 0 aliphatic carbocycles. The van der Waals surface area contributed by atoms with Gasteiger partial charge in [-0.15, -0.1) is 0 Å². The molecule has 1 aliphatic rings. The lowest BCUT2D eigenvalue weighted by atomic mass is 10.0. The number of carbonyl (C=O) groups is 2. The number of rotatable bonds is 3. The number of amides is 2. The van der Waals surface area contributed by atoms with Gasteiger partial charge in [0.2, 0.25) is 0 Å². The van der Waals surface area contributed by atoms with E-state index in [-0.39, 0.29) is 25.2 Å². The number of H-pyrrole nitrogens is 1. The van der Waals surface area contributed by atoms with Gasteiger partial charge >= 0.3 is 12.3 Å². The summed E-state index contributed by atoms with van der Waals surface area (Å²) in [5.41, 5.74) is -1.40. The van der Waals surface area contributed by atoms with Crippen LogP contribution in [0.25, 0.3) is 0 Å². The number of methoxy groups -OCH3 is 1. The molecule has 0 saturated carbocycles. The number of carbonyl (C=O) groups excluding carboxylic acids is 1. The zero-order valence-corrected chi connectivity index (χ0v) is 13.0. The third-order valence-corrected chi connectivity index (χ3v) is 3.82. The number of likely N-dealkylation sites (tertiary alicyclic amines) is 1. The van der Waals surface area contributed by atoms with Crippen molar-refractivity contribution in [1.29, 1.82) is 0 Å². The number of halogens is 3. The molecule has 2 rings (SSSR count). The number of aromatic nitrogens is 2. The fraction of sp³-hybridized carbons (Fsp3) is 0.615. The maximum Gasteiger partial charge on any atom is 0.435 e. The second-order valence-electron chi connectivity index (χ2n) is 5.43. The number of carboxylic acid groups (broad SMARTS) is 1. The van der Waals surface area contributed by atoms with Crippen molar-refractivity contribution >= 4 is 12.0 Å². The topological polar surface area (TPSA) is 108 Å². The smallest absolute Gasteiger partial charge is 0.435 e. The van der Waals surface area contributed by atoms with Gasteiger partial charge in [-0.25, -0.2) is 9.78 Å². The molecule has 2 amide bonds. The molecule has 24 heavy (non-hydrogen) atoms. The van der Waals surface area contributed by atoms with Gasteiger partial charge in [-0.1, -0.05) is 0 Å². The van der Waals surface area contributed by atoms with E-state index in [1.807, 2.05) is 0 Å². The highest BCUT2D eigenvalue weighted by atomic mass is 19.4. The molecule has 1 aliphatic heterocycles. The van der Waals surface area contributed by atoms with Crippen molar-refractivity contribution in [2.45, 2.75) is 31.7 Å². The second-order valence-corrected chi connectivity index (χ2v) is 5.43. The number of alkyl halides is 3. The monoisotopic (exact) mass is 350 g/mol. The summed E-state index contributed by atoms with van der Waals surface area (Å²) in [5, 5.41) is 11.5. The van der Waals surface area contributed by atoms with Gasteiger partial charge in [0, 0.05) is 19.3 Å². The number of nitrogens with one attached hydrogen (secondary N) is 2. The number of ether oxygens (including phenoxy) is 1. The van der Waals surface area contributed by atoms with E-state index in [1.54, 1.807) is 0 Å². The van der Waals surface area contributed by atoms with Crippen LogP contribution in [0.5, 0.6) is 0 Å². The van der Waals surface area contributed by atoms with Gasteiger partial charge < -0.3 is 25.0 Å². The summed E-state index contributed by atoms with van der Waals surface area (Å²) in [7, 11) is 1.37. The van der Waals surface area contributed by atoms with Crippen LogP contribution in [0.2, 0.25) is 0 Å². The Morgan fingerprint density at radius 2 is 2.12 bits per heavy atom. The SMILES string of the molecule is COC1CN(C(=O)O)CCC1NC(=O)c1nc(C(F)(F)F)c(C)[nH]1. The Kier molecular flexibility index (Phi) is 5.02. The summed E-state index contributed by atoms with van der Waals surface area (Å²) >= 11 is 0. The first-order valence-corrected chi connectivity index (χ1v) is 7.08. The van der Waals surface area contributed by atoms with Crippen LogP contribution in [0.1, 0.15) is 28.4 Å². The van der Waals surface area contributed by atoms with Crippen LogP contribution in [0.4, 0.5) is 18.0 Å². The van der Waals surface area contributed by atoms with E-state index in [0.29, 0.717) is 0 Å². The number of nitrogens with zero attached hydrogens (tertiary/aromatic N) is 2. The quantitative estimate of drug-likeness (QED) is 0.760. The van der Waals surface area contributed by atoms with Crippen LogP contribution in [-0.2, 0) is 10.9 Å². The number of hydrogen-bond donors (Lipinski definition) is 3. The zero-order valence-electron chi connectivity index (χ0n) is 13.0. The molecular formula is C13H17F3N4O4. The van der Waals surface area contributed by atoms with E-state index in [9.17, 15) is 22.8 Å². The molecule has 1 aromatic rings. The molecule has 134 valence electrons. The minimum atomic E-state index is -4.65. The second kappa shape index (κ2) is 6.67. The van der Waals surface area contributed by atoms with Crippen LogP contribution in [0, 0.1) is 6.92 Å². The first-order valence-electron chi connectivity index (χ1n) is 7.08. The summed E-state index contributed by atoms with van der Waals surface area (Å²) in [6, 6.07) is -0.530. The van der Waals surface area contributed by atoms with E-state index in [4.69, 9.17) is 9.84 Å². The van der Waals surface area contributed by atoms with Gasteiger partial charge in [0.15, 0.2) is 11.5 Å². The Labute approximate surface area is 135 Å². The molecule has 2 unspecified atom stereocenters. The molecule has 0 aromatic carbocycles. The molecule has 2 atom stereocenters. The van der Waals surface area contributed by atoms with Crippen LogP contribution in [-0.4, -0.2) is 64.3 Å². The first kappa shape index (κ1) is 18.0. The molecule has 1 saturated heterocycles. The van der Waals surface area contributed by atoms with Gasteiger partial charge in [0.25, 0.3) is 5.91 Å². The van der Waals surface area contributed by atoms with Gasteiger partial charge in [0.05, 0.1) is 18.7 Å². The van der Waals surface area contributed by atoms with Crippen molar-refractivity contribution < 1.29 is 32.6 Å². The fourth-order valence-corrected chi connectivity index (χ4v) is 2.57. The van der Waals surface area contributed by atoms with E-state index in [0.717, 1.165) is 4.90 Å². The van der Waals surface area contributed by atoms with Crippen molar-refractivity contribution in [3.63, 3.8) is 0 Å². The molecule has 0 radical (unpaired) electrons. The predicted octanol–water partition coefficient (Wildman–Crippen LogP) is 1.23. The van der Waals surface area contributed by atoms with Crippen LogP contribution in [0.15, 0.2) is 0 Å². The van der Waals surface area contributed by atoms with Crippen LogP contribution < -0.4 is 5.32 Å². The standard InChI is InChI=1S/C13H17F3N4O4/c1-6-9(13(14,15)16)19-10(17-6)11(21)18-7-3-4-20(12(22)23)5-8(7)24-2/h7-8H,3-5H2,1-2H3,(H,17,19)(H,18,21)(H,22,23). The zero-order chi connectivity index (χ0) is 18.1. The summed E-state index contributed by atoms with van der Waals surface area (Å²) < 4.78 is 43.3. The highest BCUT2D eigenvalue weighted by Crippen LogP contribution is 2.30. The van der Waals surface area contributed by atoms with Gasteiger partial charge in [-0.3, -0.25) is 4.79 Å². The lowest BCUT2D eigenvalue weighted by Gasteiger charge is -2.36. The van der Waals surface area contributed by atoms with E-state index < -0.39 is 41.8 Å². The van der Waals surface area contributed by atoms with Gasteiger partial charge in [-0.2, -0.15) is 13.2 Å². The average molecular weight is 350 g/mol. The maximum absolute atomic E-state index is 12.7. The molecule has 0 spiro atoms. The molecule has 3 N–H and O–H groups in total. The Bertz CT molecular complexity index is 631. The number of imidazole rings is 1. The molecule has 8 nitrogen and oxygen atoms in total. The van der Waals surface area contributed by atoms with Crippen LogP contribution >= 0.6 is 0 Å². The molecule has 0 bridgehead atoms. The predicted molar refractivity (Wildman–Crippen MR) is 74.6 cm³/mol. The Balaban J connectivity index is 2.08. The molecule has 1 fully saturated rings. The highest BCUT2D eigenvalue weighted by molar-refractivity contribution is 5.91. The lowest BCUT2D eigenvalue weighted by molar-refractivity contribution is -0.141. The molecule has 11 heteroatoms. The van der Waals surface area contributed by atoms with Crippen molar-refractivity contribution in [3.8, 4) is 0 Å². The summed E-state index contributed by atoms with van der Waals surface area (Å²) in [5.74, 6) is -1.25. The fourth-order valence-electron chi connectivity index (χ4n) is 2.57. The first-order chi connectivity index (χ1) is 11.1. The maximum atomic E-state index is 12.7. The summed E-state index contributed by atoms with van der Waals surface area (Å²) in [6.07, 6.45) is -6.07. The number of aromatic amines is 1. The highest BCUT2D eigenvalue weighted by Gasteiger charge is 2.38. The van der Waals surface area contributed by atoms with E-state index >= 15 is 0 Å². The van der Waals surface area contributed by atoms with Crippen molar-refractivity contribution in [2.24, 2.45) is 0 Å².